The zero-order chi connectivity index (χ0) is 19.1. The maximum absolute atomic E-state index is 5.94. The van der Waals surface area contributed by atoms with Gasteiger partial charge in [0.2, 0.25) is 0 Å². The molecule has 1 heterocycles. The lowest BCUT2D eigenvalue weighted by molar-refractivity contribution is -0.0771. The second-order valence-electron chi connectivity index (χ2n) is 7.98. The number of nitrogens with zero attached hydrogens (tertiary/aromatic N) is 1. The Hall–Kier alpha value is -2.13. The van der Waals surface area contributed by atoms with E-state index in [1.165, 1.54) is 5.56 Å². The summed E-state index contributed by atoms with van der Waals surface area (Å²) in [4.78, 5) is 4.70. The summed E-state index contributed by atoms with van der Waals surface area (Å²) < 4.78 is 11.1. The Bertz CT molecular complexity index is 722. The largest absolute Gasteiger partial charge is 0.497 e. The molecule has 1 aliphatic rings. The van der Waals surface area contributed by atoms with Gasteiger partial charge in [0, 0.05) is 19.4 Å². The van der Waals surface area contributed by atoms with Crippen molar-refractivity contribution in [3.05, 3.63) is 65.7 Å². The molecule has 0 N–H and O–H groups in total. The van der Waals surface area contributed by atoms with Crippen molar-refractivity contribution in [3.8, 4) is 5.75 Å². The van der Waals surface area contributed by atoms with E-state index >= 15 is 0 Å². The molecular weight excluding hydrogens is 334 g/mol. The molecule has 0 radical (unpaired) electrons. The lowest BCUT2D eigenvalue weighted by Crippen LogP contribution is -2.36. The third-order valence-corrected chi connectivity index (χ3v) is 5.46. The molecule has 27 heavy (non-hydrogen) atoms. The van der Waals surface area contributed by atoms with Gasteiger partial charge in [-0.1, -0.05) is 30.3 Å². The molecule has 2 atom stereocenters. The summed E-state index contributed by atoms with van der Waals surface area (Å²) >= 11 is 0. The molecule has 3 rings (SSSR count). The Morgan fingerprint density at radius 2 is 1.89 bits per heavy atom. The molecular formula is C24H31NO2. The summed E-state index contributed by atoms with van der Waals surface area (Å²) in [6.07, 6.45) is 5.27. The van der Waals surface area contributed by atoms with Gasteiger partial charge < -0.3 is 9.47 Å². The Kier molecular flexibility index (Phi) is 6.68. The number of hydrogen-bond acceptors (Lipinski definition) is 3. The highest BCUT2D eigenvalue weighted by Gasteiger charge is 2.33. The van der Waals surface area contributed by atoms with Gasteiger partial charge in [0.1, 0.15) is 5.75 Å². The van der Waals surface area contributed by atoms with Crippen molar-refractivity contribution in [2.24, 2.45) is 10.9 Å². The van der Waals surface area contributed by atoms with E-state index in [0.29, 0.717) is 11.8 Å². The summed E-state index contributed by atoms with van der Waals surface area (Å²) in [5.41, 5.74) is 2.52. The van der Waals surface area contributed by atoms with Crippen molar-refractivity contribution >= 4 is 6.21 Å². The normalized spacial score (nSPS) is 20.5. The monoisotopic (exact) mass is 365 g/mol. The summed E-state index contributed by atoms with van der Waals surface area (Å²) in [5.74, 6) is 2.05. The molecule has 0 aromatic heterocycles. The topological polar surface area (TPSA) is 30.8 Å². The maximum atomic E-state index is 5.94. The van der Waals surface area contributed by atoms with Crippen LogP contribution >= 0.6 is 0 Å². The second kappa shape index (κ2) is 9.18. The fourth-order valence-corrected chi connectivity index (χ4v) is 4.07. The molecule has 1 fully saturated rings. The van der Waals surface area contributed by atoms with E-state index in [2.05, 4.69) is 44.2 Å². The van der Waals surface area contributed by atoms with E-state index in [1.807, 2.05) is 30.5 Å². The molecule has 0 aliphatic carbocycles. The van der Waals surface area contributed by atoms with Crippen molar-refractivity contribution < 1.29 is 9.47 Å². The summed E-state index contributed by atoms with van der Waals surface area (Å²) in [6, 6.07) is 18.9. The summed E-state index contributed by atoms with van der Waals surface area (Å²) in [6.45, 7) is 6.12. The number of aliphatic imine (C=N–C) groups is 1. The molecule has 0 unspecified atom stereocenters. The van der Waals surface area contributed by atoms with Crippen molar-refractivity contribution in [2.45, 2.75) is 44.6 Å². The molecule has 0 spiro atoms. The zero-order valence-electron chi connectivity index (χ0n) is 16.7. The number of methoxy groups -OCH3 is 1. The van der Waals surface area contributed by atoms with Gasteiger partial charge >= 0.3 is 0 Å². The predicted octanol–water partition coefficient (Wildman–Crippen LogP) is 5.49. The van der Waals surface area contributed by atoms with Crippen LogP contribution in [0.4, 0.5) is 0 Å². The minimum absolute atomic E-state index is 0.0255. The standard InChI is InChI=1S/C24H31NO2/c1-24(2)17-21(14-16-27-24)23(20-7-5-4-6-8-20)13-15-25-18-19-9-11-22(26-3)12-10-19/h4-12,18,21,23H,13-17H2,1-3H3/t21-,23+/m0/s1. The van der Waals surface area contributed by atoms with E-state index in [4.69, 9.17) is 14.5 Å². The number of ether oxygens (including phenoxy) is 2. The molecule has 0 saturated carbocycles. The first-order chi connectivity index (χ1) is 13.1. The number of benzene rings is 2. The molecule has 2 aromatic carbocycles. The van der Waals surface area contributed by atoms with Crippen LogP contribution in [-0.2, 0) is 4.74 Å². The minimum Gasteiger partial charge on any atom is -0.497 e. The highest BCUT2D eigenvalue weighted by atomic mass is 16.5. The maximum Gasteiger partial charge on any atom is 0.118 e. The van der Waals surface area contributed by atoms with Crippen LogP contribution in [0.1, 0.15) is 50.2 Å². The quantitative estimate of drug-likeness (QED) is 0.607. The fraction of sp³-hybridized carbons (Fsp3) is 0.458. The van der Waals surface area contributed by atoms with Crippen LogP contribution in [0, 0.1) is 5.92 Å². The molecule has 3 nitrogen and oxygen atoms in total. The minimum atomic E-state index is -0.0255. The Labute approximate surface area is 163 Å². The highest BCUT2D eigenvalue weighted by Crippen LogP contribution is 2.39. The van der Waals surface area contributed by atoms with Crippen LogP contribution in [0.15, 0.2) is 59.6 Å². The van der Waals surface area contributed by atoms with Crippen LogP contribution in [0.5, 0.6) is 5.75 Å². The van der Waals surface area contributed by atoms with E-state index in [1.54, 1.807) is 7.11 Å². The Balaban J connectivity index is 1.65. The first-order valence-electron chi connectivity index (χ1n) is 9.90. The van der Waals surface area contributed by atoms with Gasteiger partial charge in [-0.05, 0) is 80.3 Å². The van der Waals surface area contributed by atoms with Gasteiger partial charge in [0.15, 0.2) is 0 Å². The van der Waals surface area contributed by atoms with Gasteiger partial charge in [-0.2, -0.15) is 0 Å². The van der Waals surface area contributed by atoms with Crippen molar-refractivity contribution in [1.29, 1.82) is 0 Å². The van der Waals surface area contributed by atoms with E-state index in [-0.39, 0.29) is 5.60 Å². The predicted molar refractivity (Wildman–Crippen MR) is 112 cm³/mol. The van der Waals surface area contributed by atoms with E-state index < -0.39 is 0 Å². The van der Waals surface area contributed by atoms with Gasteiger partial charge in [-0.3, -0.25) is 4.99 Å². The molecule has 1 aliphatic heterocycles. The number of rotatable bonds is 7. The first kappa shape index (κ1) is 19.6. The van der Waals surface area contributed by atoms with Crippen LogP contribution in [0.25, 0.3) is 0 Å². The third kappa shape index (κ3) is 5.67. The Morgan fingerprint density at radius 1 is 1.15 bits per heavy atom. The molecule has 3 heteroatoms. The van der Waals surface area contributed by atoms with Gasteiger partial charge in [0.05, 0.1) is 12.7 Å². The molecule has 0 bridgehead atoms. The average molecular weight is 366 g/mol. The molecule has 1 saturated heterocycles. The zero-order valence-corrected chi connectivity index (χ0v) is 16.7. The van der Waals surface area contributed by atoms with Crippen molar-refractivity contribution in [3.63, 3.8) is 0 Å². The van der Waals surface area contributed by atoms with E-state index in [0.717, 1.165) is 43.7 Å². The van der Waals surface area contributed by atoms with Crippen LogP contribution < -0.4 is 4.74 Å². The van der Waals surface area contributed by atoms with Gasteiger partial charge in [-0.25, -0.2) is 0 Å². The van der Waals surface area contributed by atoms with Gasteiger partial charge in [0.25, 0.3) is 0 Å². The fourth-order valence-electron chi connectivity index (χ4n) is 4.07. The molecule has 144 valence electrons. The van der Waals surface area contributed by atoms with Crippen LogP contribution in [0.3, 0.4) is 0 Å². The second-order valence-corrected chi connectivity index (χ2v) is 7.98. The van der Waals surface area contributed by atoms with E-state index in [9.17, 15) is 0 Å². The van der Waals surface area contributed by atoms with Gasteiger partial charge in [-0.15, -0.1) is 0 Å². The smallest absolute Gasteiger partial charge is 0.118 e. The third-order valence-electron chi connectivity index (χ3n) is 5.46. The molecule has 0 amide bonds. The lowest BCUT2D eigenvalue weighted by Gasteiger charge is -2.39. The SMILES string of the molecule is COc1ccc(C=NCC[C@H](c2ccccc2)[C@H]2CCOC(C)(C)C2)cc1. The van der Waals surface area contributed by atoms with Crippen LogP contribution in [-0.4, -0.2) is 32.1 Å². The molecule has 2 aromatic rings. The highest BCUT2D eigenvalue weighted by molar-refractivity contribution is 5.79. The van der Waals surface area contributed by atoms with Crippen molar-refractivity contribution in [1.82, 2.24) is 0 Å². The summed E-state index contributed by atoms with van der Waals surface area (Å²) in [5, 5.41) is 0. The average Bonchev–Trinajstić information content (AvgIpc) is 2.68. The van der Waals surface area contributed by atoms with Crippen molar-refractivity contribution in [2.75, 3.05) is 20.3 Å². The van der Waals surface area contributed by atoms with Crippen LogP contribution in [0.2, 0.25) is 0 Å². The number of hydrogen-bond donors (Lipinski definition) is 0. The lowest BCUT2D eigenvalue weighted by atomic mass is 9.75. The first-order valence-corrected chi connectivity index (χ1v) is 9.90. The summed E-state index contributed by atoms with van der Waals surface area (Å²) in [7, 11) is 1.68. The Morgan fingerprint density at radius 3 is 2.56 bits per heavy atom.